The highest BCUT2D eigenvalue weighted by Crippen LogP contribution is 2.38. The fourth-order valence-corrected chi connectivity index (χ4v) is 3.78. The minimum atomic E-state index is -0.292. The molecule has 3 rings (SSSR count). The summed E-state index contributed by atoms with van der Waals surface area (Å²) in [6.07, 6.45) is 4.52. The number of hydrogen-bond acceptors (Lipinski definition) is 4. The summed E-state index contributed by atoms with van der Waals surface area (Å²) in [4.78, 5) is 24.8. The number of carbonyl (C=O) groups is 1. The maximum Gasteiger partial charge on any atom is 0.250 e. The summed E-state index contributed by atoms with van der Waals surface area (Å²) in [6, 6.07) is 6.93. The van der Waals surface area contributed by atoms with Gasteiger partial charge in [-0.15, -0.1) is 11.3 Å². The van der Waals surface area contributed by atoms with Crippen LogP contribution in [0.3, 0.4) is 0 Å². The number of pyridine rings is 1. The molecule has 5 nitrogen and oxygen atoms in total. The third-order valence-corrected chi connectivity index (χ3v) is 4.71. The molecule has 0 saturated heterocycles. The molecule has 0 aromatic carbocycles. The smallest absolute Gasteiger partial charge is 0.250 e. The number of aromatic nitrogens is 1. The number of hydrogen-bond donors (Lipinski definition) is 1. The van der Waals surface area contributed by atoms with Gasteiger partial charge in [-0.1, -0.05) is 6.07 Å². The first kappa shape index (κ1) is 13.6. The van der Waals surface area contributed by atoms with Gasteiger partial charge in [0.15, 0.2) is 0 Å². The summed E-state index contributed by atoms with van der Waals surface area (Å²) >= 11 is 1.47. The van der Waals surface area contributed by atoms with Gasteiger partial charge in [-0.2, -0.15) is 5.26 Å². The molecule has 0 atom stereocenters. The molecule has 1 aliphatic carbocycles. The average Bonchev–Trinajstić information content (AvgIpc) is 3.01. The van der Waals surface area contributed by atoms with E-state index in [9.17, 15) is 14.9 Å². The van der Waals surface area contributed by atoms with Gasteiger partial charge in [0, 0.05) is 17.1 Å². The molecule has 0 aliphatic heterocycles. The summed E-state index contributed by atoms with van der Waals surface area (Å²) < 4.78 is 1.34. The Hall–Kier alpha value is -2.39. The minimum Gasteiger partial charge on any atom is -0.315 e. The Morgan fingerprint density at radius 3 is 3.05 bits per heavy atom. The molecule has 6 heteroatoms. The van der Waals surface area contributed by atoms with Gasteiger partial charge < -0.3 is 9.88 Å². The van der Waals surface area contributed by atoms with E-state index in [2.05, 4.69) is 11.4 Å². The quantitative estimate of drug-likeness (QED) is 0.940. The molecule has 1 amide bonds. The average molecular weight is 299 g/mol. The van der Waals surface area contributed by atoms with Gasteiger partial charge in [0.25, 0.3) is 5.56 Å². The first-order valence-electron chi connectivity index (χ1n) is 6.69. The van der Waals surface area contributed by atoms with Gasteiger partial charge in [-0.25, -0.2) is 0 Å². The van der Waals surface area contributed by atoms with Crippen molar-refractivity contribution in [3.63, 3.8) is 0 Å². The Labute approximate surface area is 125 Å². The molecule has 1 aliphatic rings. The zero-order valence-electron chi connectivity index (χ0n) is 11.3. The van der Waals surface area contributed by atoms with Gasteiger partial charge in [0.2, 0.25) is 5.91 Å². The molecular formula is C15H13N3O2S. The van der Waals surface area contributed by atoms with Crippen LogP contribution < -0.4 is 10.9 Å². The van der Waals surface area contributed by atoms with Crippen molar-refractivity contribution in [2.24, 2.45) is 0 Å². The number of aryl methyl sites for hydroxylation is 1. The monoisotopic (exact) mass is 299 g/mol. The summed E-state index contributed by atoms with van der Waals surface area (Å²) in [7, 11) is 0. The number of fused-ring (bicyclic) bond motifs is 1. The number of rotatable bonds is 3. The molecule has 21 heavy (non-hydrogen) atoms. The second kappa shape index (κ2) is 5.54. The van der Waals surface area contributed by atoms with E-state index < -0.39 is 0 Å². The molecular weight excluding hydrogens is 286 g/mol. The number of nitrogens with zero attached hydrogens (tertiary/aromatic N) is 2. The minimum absolute atomic E-state index is 0.0485. The Bertz CT molecular complexity index is 798. The van der Waals surface area contributed by atoms with Crippen LogP contribution in [0.2, 0.25) is 0 Å². The van der Waals surface area contributed by atoms with Crippen LogP contribution in [0.25, 0.3) is 0 Å². The first-order chi connectivity index (χ1) is 10.2. The SMILES string of the molecule is N#Cc1c(NC(=O)Cn2ccccc2=O)sc2c1CCC2. The van der Waals surface area contributed by atoms with Gasteiger partial charge in [0.05, 0.1) is 5.56 Å². The lowest BCUT2D eigenvalue weighted by Gasteiger charge is -2.06. The normalized spacial score (nSPS) is 12.7. The van der Waals surface area contributed by atoms with Crippen molar-refractivity contribution in [2.45, 2.75) is 25.8 Å². The Morgan fingerprint density at radius 1 is 1.43 bits per heavy atom. The maximum absolute atomic E-state index is 12.1. The highest BCUT2D eigenvalue weighted by Gasteiger charge is 2.23. The van der Waals surface area contributed by atoms with Crippen molar-refractivity contribution in [2.75, 3.05) is 5.32 Å². The largest absolute Gasteiger partial charge is 0.315 e. The molecule has 2 aromatic heterocycles. The van der Waals surface area contributed by atoms with Crippen molar-refractivity contribution in [1.82, 2.24) is 4.57 Å². The summed E-state index contributed by atoms with van der Waals surface area (Å²) in [5, 5.41) is 12.6. The maximum atomic E-state index is 12.1. The van der Waals surface area contributed by atoms with E-state index >= 15 is 0 Å². The van der Waals surface area contributed by atoms with Crippen LogP contribution in [0.15, 0.2) is 29.2 Å². The lowest BCUT2D eigenvalue weighted by atomic mass is 10.1. The topological polar surface area (TPSA) is 74.9 Å². The van der Waals surface area contributed by atoms with Crippen molar-refractivity contribution in [3.8, 4) is 6.07 Å². The Morgan fingerprint density at radius 2 is 2.29 bits per heavy atom. The first-order valence-corrected chi connectivity index (χ1v) is 7.50. The predicted molar refractivity (Wildman–Crippen MR) is 80.4 cm³/mol. The summed E-state index contributed by atoms with van der Waals surface area (Å²) in [6.45, 7) is -0.0485. The van der Waals surface area contributed by atoms with Crippen LogP contribution in [0.5, 0.6) is 0 Å². The van der Waals surface area contributed by atoms with E-state index in [4.69, 9.17) is 0 Å². The fraction of sp³-hybridized carbons (Fsp3) is 0.267. The van der Waals surface area contributed by atoms with Gasteiger partial charge in [-0.05, 0) is 30.9 Å². The third-order valence-electron chi connectivity index (χ3n) is 3.50. The second-order valence-corrected chi connectivity index (χ2v) is 5.99. The fourth-order valence-electron chi connectivity index (χ4n) is 2.52. The summed E-state index contributed by atoms with van der Waals surface area (Å²) in [5.41, 5.74) is 1.44. The molecule has 0 unspecified atom stereocenters. The van der Waals surface area contributed by atoms with E-state index in [1.807, 2.05) is 0 Å². The number of nitrogens with one attached hydrogen (secondary N) is 1. The highest BCUT2D eigenvalue weighted by molar-refractivity contribution is 7.16. The lowest BCUT2D eigenvalue weighted by molar-refractivity contribution is -0.116. The number of amides is 1. The van der Waals surface area contributed by atoms with Crippen molar-refractivity contribution < 1.29 is 4.79 Å². The van der Waals surface area contributed by atoms with Crippen LogP contribution in [0.4, 0.5) is 5.00 Å². The molecule has 0 fully saturated rings. The van der Waals surface area contributed by atoms with E-state index in [1.54, 1.807) is 18.3 Å². The third kappa shape index (κ3) is 2.60. The Kier molecular flexibility index (Phi) is 3.59. The van der Waals surface area contributed by atoms with Crippen molar-refractivity contribution in [3.05, 3.63) is 50.8 Å². The zero-order valence-corrected chi connectivity index (χ0v) is 12.1. The van der Waals surface area contributed by atoms with Crippen molar-refractivity contribution in [1.29, 1.82) is 5.26 Å². The molecule has 1 N–H and O–H groups in total. The van der Waals surface area contributed by atoms with Crippen LogP contribution in [0.1, 0.15) is 22.4 Å². The van der Waals surface area contributed by atoms with E-state index in [-0.39, 0.29) is 18.0 Å². The standard InChI is InChI=1S/C15H13N3O2S/c16-8-11-10-4-3-5-12(10)21-15(11)17-13(19)9-18-7-2-1-6-14(18)20/h1-2,6-7H,3-5,9H2,(H,17,19). The van der Waals surface area contributed by atoms with E-state index in [0.717, 1.165) is 24.8 Å². The van der Waals surface area contributed by atoms with Gasteiger partial charge in [0.1, 0.15) is 17.6 Å². The number of anilines is 1. The van der Waals surface area contributed by atoms with E-state index in [0.29, 0.717) is 10.6 Å². The molecule has 2 aromatic rings. The molecule has 0 bridgehead atoms. The number of thiophene rings is 1. The number of nitriles is 1. The van der Waals surface area contributed by atoms with Crippen LogP contribution in [-0.4, -0.2) is 10.5 Å². The van der Waals surface area contributed by atoms with E-state index in [1.165, 1.54) is 26.8 Å². The molecule has 0 saturated carbocycles. The predicted octanol–water partition coefficient (Wildman–Crippen LogP) is 1.91. The molecule has 106 valence electrons. The van der Waals surface area contributed by atoms with Gasteiger partial charge >= 0.3 is 0 Å². The molecule has 0 spiro atoms. The second-order valence-electron chi connectivity index (χ2n) is 4.89. The highest BCUT2D eigenvalue weighted by atomic mass is 32.1. The molecule has 0 radical (unpaired) electrons. The van der Waals surface area contributed by atoms with Crippen LogP contribution >= 0.6 is 11.3 Å². The van der Waals surface area contributed by atoms with Crippen molar-refractivity contribution >= 4 is 22.2 Å². The Balaban J connectivity index is 1.79. The van der Waals surface area contributed by atoms with Crippen LogP contribution in [-0.2, 0) is 24.2 Å². The summed E-state index contributed by atoms with van der Waals surface area (Å²) in [5.74, 6) is -0.292. The van der Waals surface area contributed by atoms with Crippen LogP contribution in [0, 0.1) is 11.3 Å². The zero-order chi connectivity index (χ0) is 14.8. The number of carbonyl (C=O) groups excluding carboxylic acids is 1. The van der Waals surface area contributed by atoms with Gasteiger partial charge in [-0.3, -0.25) is 9.59 Å². The molecule has 2 heterocycles. The lowest BCUT2D eigenvalue weighted by Crippen LogP contribution is -2.26.